The first kappa shape index (κ1) is 14.1. The number of hydrogen-bond acceptors (Lipinski definition) is 3. The van der Waals surface area contributed by atoms with Gasteiger partial charge in [0.05, 0.1) is 0 Å². The minimum atomic E-state index is -3.55. The highest BCUT2D eigenvalue weighted by Crippen LogP contribution is 2.19. The second kappa shape index (κ2) is 5.77. The van der Waals surface area contributed by atoms with Crippen LogP contribution in [-0.2, 0) is 16.6 Å². The molecule has 0 bridgehead atoms. The molecule has 0 spiro atoms. The number of aromatic amines is 1. The van der Waals surface area contributed by atoms with Gasteiger partial charge in [0.25, 0.3) is 10.0 Å². The van der Waals surface area contributed by atoms with Crippen LogP contribution in [0, 0.1) is 0 Å². The first-order chi connectivity index (χ1) is 9.01. The zero-order valence-electron chi connectivity index (χ0n) is 10.3. The Morgan fingerprint density at radius 2 is 1.95 bits per heavy atom. The predicted molar refractivity (Wildman–Crippen MR) is 78.5 cm³/mol. The van der Waals surface area contributed by atoms with Crippen LogP contribution in [-0.4, -0.2) is 20.4 Å². The summed E-state index contributed by atoms with van der Waals surface area (Å²) in [5.41, 5.74) is 1.35. The van der Waals surface area contributed by atoms with E-state index in [0.717, 1.165) is 10.2 Å². The van der Waals surface area contributed by atoms with Crippen molar-refractivity contribution >= 4 is 31.6 Å². The standard InChI is InChI=1S/C12H14BrN3O2S/c1-14-7-11-6-12(8-15-11)19(17,18)16-10-4-2-9(13)3-5-10/h2-6,8,14-16H,7H2,1H3. The van der Waals surface area contributed by atoms with E-state index in [-0.39, 0.29) is 4.90 Å². The van der Waals surface area contributed by atoms with Crippen LogP contribution >= 0.6 is 15.9 Å². The van der Waals surface area contributed by atoms with Crippen molar-refractivity contribution in [3.05, 3.63) is 46.7 Å². The van der Waals surface area contributed by atoms with E-state index in [0.29, 0.717) is 12.2 Å². The van der Waals surface area contributed by atoms with E-state index in [1.54, 1.807) is 37.4 Å². The molecule has 0 saturated carbocycles. The molecule has 0 saturated heterocycles. The largest absolute Gasteiger partial charge is 0.363 e. The summed E-state index contributed by atoms with van der Waals surface area (Å²) in [5, 5.41) is 2.95. The molecule has 0 aliphatic heterocycles. The van der Waals surface area contributed by atoms with Crippen molar-refractivity contribution in [3.63, 3.8) is 0 Å². The van der Waals surface area contributed by atoms with Crippen LogP contribution in [0.25, 0.3) is 0 Å². The number of nitrogens with one attached hydrogen (secondary N) is 3. The lowest BCUT2D eigenvalue weighted by Crippen LogP contribution is -2.12. The fourth-order valence-corrected chi connectivity index (χ4v) is 2.94. The van der Waals surface area contributed by atoms with E-state index in [4.69, 9.17) is 0 Å². The van der Waals surface area contributed by atoms with E-state index < -0.39 is 10.0 Å². The molecule has 19 heavy (non-hydrogen) atoms. The third-order valence-corrected chi connectivity index (χ3v) is 4.38. The molecule has 1 aromatic heterocycles. The zero-order chi connectivity index (χ0) is 13.9. The van der Waals surface area contributed by atoms with Crippen LogP contribution in [0.1, 0.15) is 5.69 Å². The Balaban J connectivity index is 2.19. The quantitative estimate of drug-likeness (QED) is 0.779. The first-order valence-corrected chi connectivity index (χ1v) is 7.89. The maximum Gasteiger partial charge on any atom is 0.263 e. The predicted octanol–water partition coefficient (Wildman–Crippen LogP) is 2.30. The normalized spacial score (nSPS) is 11.5. The SMILES string of the molecule is CNCc1cc(S(=O)(=O)Nc2ccc(Br)cc2)c[nH]1. The van der Waals surface area contributed by atoms with Gasteiger partial charge in [-0.25, -0.2) is 8.42 Å². The molecule has 0 fully saturated rings. The van der Waals surface area contributed by atoms with Gasteiger partial charge < -0.3 is 10.3 Å². The number of halogens is 1. The second-order valence-electron chi connectivity index (χ2n) is 4.00. The van der Waals surface area contributed by atoms with Gasteiger partial charge in [0.15, 0.2) is 0 Å². The topological polar surface area (TPSA) is 74.0 Å². The van der Waals surface area contributed by atoms with Crippen molar-refractivity contribution in [2.24, 2.45) is 0 Å². The third-order valence-electron chi connectivity index (χ3n) is 2.49. The third kappa shape index (κ3) is 3.59. The highest BCUT2D eigenvalue weighted by molar-refractivity contribution is 9.10. The molecular weight excluding hydrogens is 330 g/mol. The van der Waals surface area contributed by atoms with Crippen molar-refractivity contribution in [1.82, 2.24) is 10.3 Å². The average Bonchev–Trinajstić information content (AvgIpc) is 2.82. The number of benzene rings is 1. The lowest BCUT2D eigenvalue weighted by atomic mass is 10.3. The second-order valence-corrected chi connectivity index (χ2v) is 6.60. The summed E-state index contributed by atoms with van der Waals surface area (Å²) >= 11 is 3.30. The first-order valence-electron chi connectivity index (χ1n) is 5.61. The number of hydrogen-bond donors (Lipinski definition) is 3. The molecule has 0 aliphatic rings. The van der Waals surface area contributed by atoms with Crippen LogP contribution in [0.5, 0.6) is 0 Å². The molecule has 0 amide bonds. The summed E-state index contributed by atoms with van der Waals surface area (Å²) < 4.78 is 27.7. The van der Waals surface area contributed by atoms with Crippen LogP contribution in [0.3, 0.4) is 0 Å². The van der Waals surface area contributed by atoms with Gasteiger partial charge in [0, 0.05) is 28.6 Å². The van der Waals surface area contributed by atoms with Gasteiger partial charge >= 0.3 is 0 Å². The fraction of sp³-hybridized carbons (Fsp3) is 0.167. The van der Waals surface area contributed by atoms with E-state index in [9.17, 15) is 8.42 Å². The molecule has 1 aromatic carbocycles. The number of rotatable bonds is 5. The summed E-state index contributed by atoms with van der Waals surface area (Å²) in [7, 11) is -1.75. The van der Waals surface area contributed by atoms with Gasteiger partial charge in [-0.15, -0.1) is 0 Å². The maximum absolute atomic E-state index is 12.1. The Kier molecular flexibility index (Phi) is 4.28. The molecule has 3 N–H and O–H groups in total. The Hall–Kier alpha value is -1.31. The lowest BCUT2D eigenvalue weighted by molar-refractivity contribution is 0.601. The van der Waals surface area contributed by atoms with E-state index in [2.05, 4.69) is 31.0 Å². The van der Waals surface area contributed by atoms with E-state index in [1.807, 2.05) is 0 Å². The molecule has 0 atom stereocenters. The highest BCUT2D eigenvalue weighted by atomic mass is 79.9. The van der Waals surface area contributed by atoms with Crippen molar-refractivity contribution in [2.75, 3.05) is 11.8 Å². The van der Waals surface area contributed by atoms with Crippen molar-refractivity contribution in [2.45, 2.75) is 11.4 Å². The zero-order valence-corrected chi connectivity index (χ0v) is 12.7. The molecule has 102 valence electrons. The molecular formula is C12H14BrN3O2S. The van der Waals surface area contributed by atoms with Gasteiger partial charge in [0.2, 0.25) is 0 Å². The highest BCUT2D eigenvalue weighted by Gasteiger charge is 2.15. The van der Waals surface area contributed by atoms with Gasteiger partial charge in [-0.3, -0.25) is 4.72 Å². The molecule has 7 heteroatoms. The molecule has 2 rings (SSSR count). The minimum absolute atomic E-state index is 0.223. The Morgan fingerprint density at radius 3 is 2.58 bits per heavy atom. The molecule has 1 heterocycles. The Bertz CT molecular complexity index is 650. The Morgan fingerprint density at radius 1 is 1.26 bits per heavy atom. The number of aromatic nitrogens is 1. The monoisotopic (exact) mass is 343 g/mol. The van der Waals surface area contributed by atoms with Crippen molar-refractivity contribution < 1.29 is 8.42 Å². The molecule has 0 radical (unpaired) electrons. The van der Waals surface area contributed by atoms with Crippen LogP contribution < -0.4 is 10.0 Å². The molecule has 0 unspecified atom stereocenters. The smallest absolute Gasteiger partial charge is 0.263 e. The van der Waals surface area contributed by atoms with Crippen LogP contribution in [0.4, 0.5) is 5.69 Å². The number of H-pyrrole nitrogens is 1. The van der Waals surface area contributed by atoms with E-state index >= 15 is 0 Å². The fourth-order valence-electron chi connectivity index (χ4n) is 1.60. The average molecular weight is 344 g/mol. The summed E-state index contributed by atoms with van der Waals surface area (Å²) in [6.07, 6.45) is 1.48. The van der Waals surface area contributed by atoms with Crippen LogP contribution in [0.2, 0.25) is 0 Å². The number of sulfonamides is 1. The van der Waals surface area contributed by atoms with Crippen molar-refractivity contribution in [3.8, 4) is 0 Å². The summed E-state index contributed by atoms with van der Waals surface area (Å²) in [4.78, 5) is 3.14. The maximum atomic E-state index is 12.1. The number of anilines is 1. The summed E-state index contributed by atoms with van der Waals surface area (Å²) in [6.45, 7) is 0.591. The van der Waals surface area contributed by atoms with Gasteiger partial charge in [0.1, 0.15) is 4.90 Å². The summed E-state index contributed by atoms with van der Waals surface area (Å²) in [6, 6.07) is 8.56. The minimum Gasteiger partial charge on any atom is -0.363 e. The van der Waals surface area contributed by atoms with Gasteiger partial charge in [-0.05, 0) is 37.4 Å². The van der Waals surface area contributed by atoms with Crippen molar-refractivity contribution in [1.29, 1.82) is 0 Å². The van der Waals surface area contributed by atoms with Gasteiger partial charge in [-0.2, -0.15) is 0 Å². The molecule has 5 nitrogen and oxygen atoms in total. The Labute approximate surface area is 120 Å². The summed E-state index contributed by atoms with van der Waals surface area (Å²) in [5.74, 6) is 0. The van der Waals surface area contributed by atoms with Gasteiger partial charge in [-0.1, -0.05) is 15.9 Å². The lowest BCUT2D eigenvalue weighted by Gasteiger charge is -2.06. The molecule has 0 aliphatic carbocycles. The van der Waals surface area contributed by atoms with E-state index in [1.165, 1.54) is 6.20 Å². The molecule has 2 aromatic rings. The van der Waals surface area contributed by atoms with Crippen LogP contribution in [0.15, 0.2) is 45.9 Å².